The average molecular weight is 714 g/mol. The molecule has 0 aliphatic carbocycles. The minimum absolute atomic E-state index is 0.108. The van der Waals surface area contributed by atoms with Crippen LogP contribution in [0, 0.1) is 6.92 Å². The molecule has 1 fully saturated rings. The van der Waals surface area contributed by atoms with Crippen LogP contribution in [0.2, 0.25) is 0 Å². The second-order valence-corrected chi connectivity index (χ2v) is 13.2. The van der Waals surface area contributed by atoms with Crippen LogP contribution in [0.1, 0.15) is 76.5 Å². The molecule has 0 bridgehead atoms. The normalized spacial score (nSPS) is 19.5. The number of azide groups is 1. The number of allylic oxidation sites excluding steroid dienone is 12. The highest BCUT2D eigenvalue weighted by atomic mass is 31.2. The Morgan fingerprint density at radius 2 is 1.60 bits per heavy atom. The summed E-state index contributed by atoms with van der Waals surface area (Å²) in [6, 6.07) is -0.727. The number of aromatic nitrogens is 2. The van der Waals surface area contributed by atoms with Crippen molar-refractivity contribution < 1.29 is 23.1 Å². The Bertz CT molecular complexity index is 1570. The molecule has 2 heterocycles. The van der Waals surface area contributed by atoms with Gasteiger partial charge in [0.2, 0.25) is 5.91 Å². The van der Waals surface area contributed by atoms with Gasteiger partial charge < -0.3 is 14.6 Å². The van der Waals surface area contributed by atoms with Crippen LogP contribution in [-0.4, -0.2) is 54.4 Å². The number of nitrogens with one attached hydrogen (secondary N) is 3. The monoisotopic (exact) mass is 713 g/mol. The zero-order valence-corrected chi connectivity index (χ0v) is 30.2. The van der Waals surface area contributed by atoms with Crippen molar-refractivity contribution in [2.75, 3.05) is 26.8 Å². The van der Waals surface area contributed by atoms with E-state index in [-0.39, 0.29) is 32.0 Å². The summed E-state index contributed by atoms with van der Waals surface area (Å²) in [5, 5.41) is 9.16. The van der Waals surface area contributed by atoms with Crippen LogP contribution >= 0.6 is 7.75 Å². The van der Waals surface area contributed by atoms with E-state index < -0.39 is 37.4 Å². The first-order valence-corrected chi connectivity index (χ1v) is 18.5. The lowest BCUT2D eigenvalue weighted by Gasteiger charge is -2.21. The number of hydrogen-bond donors (Lipinski definition) is 3. The first-order chi connectivity index (χ1) is 24.2. The van der Waals surface area contributed by atoms with Gasteiger partial charge in [-0.3, -0.25) is 23.7 Å². The van der Waals surface area contributed by atoms with Gasteiger partial charge >= 0.3 is 13.4 Å². The Kier molecular flexibility index (Phi) is 21.1. The summed E-state index contributed by atoms with van der Waals surface area (Å²) < 4.78 is 30.7. The van der Waals surface area contributed by atoms with Crippen LogP contribution in [0.3, 0.4) is 0 Å². The number of aryl methyl sites for hydroxylation is 1. The first-order valence-electron chi connectivity index (χ1n) is 17.0. The zero-order chi connectivity index (χ0) is 36.5. The van der Waals surface area contributed by atoms with Gasteiger partial charge in [0.05, 0.1) is 18.8 Å². The fourth-order valence-electron chi connectivity index (χ4n) is 4.70. The molecule has 4 atom stereocenters. The number of nitrogens with zero attached hydrogens (tertiary/aromatic N) is 4. The van der Waals surface area contributed by atoms with E-state index in [4.69, 9.17) is 19.3 Å². The van der Waals surface area contributed by atoms with Crippen molar-refractivity contribution in [3.63, 3.8) is 0 Å². The van der Waals surface area contributed by atoms with E-state index >= 15 is 0 Å². The number of aromatic amines is 1. The SMILES string of the molecule is CC/C=C\C/C=C\C/C=C\C/C=C\C/C=C\C/C=C\CCC(=O)NCCNP(=O)(OC)OC[C@H]1OC(n2cc(C)c(=O)[nH]c2=O)C[C@@H]1N=[N+]=[N-]. The molecule has 2 rings (SSSR count). The van der Waals surface area contributed by atoms with Gasteiger partial charge in [0.1, 0.15) is 6.23 Å². The second-order valence-electron chi connectivity index (χ2n) is 11.3. The molecule has 0 aromatic carbocycles. The highest BCUT2D eigenvalue weighted by Gasteiger charge is 2.38. The topological polar surface area (TPSA) is 190 Å². The summed E-state index contributed by atoms with van der Waals surface area (Å²) in [7, 11) is -2.58. The van der Waals surface area contributed by atoms with Crippen molar-refractivity contribution in [1.29, 1.82) is 0 Å². The first kappa shape index (κ1) is 42.1. The molecule has 3 N–H and O–H groups in total. The van der Waals surface area contributed by atoms with E-state index in [0.29, 0.717) is 18.4 Å². The quantitative estimate of drug-likeness (QED) is 0.0261. The van der Waals surface area contributed by atoms with Crippen LogP contribution < -0.4 is 21.7 Å². The van der Waals surface area contributed by atoms with Gasteiger partial charge in [-0.05, 0) is 57.4 Å². The lowest BCUT2D eigenvalue weighted by atomic mass is 10.1. The van der Waals surface area contributed by atoms with E-state index in [1.165, 1.54) is 17.9 Å². The van der Waals surface area contributed by atoms with Crippen molar-refractivity contribution in [2.24, 2.45) is 5.11 Å². The van der Waals surface area contributed by atoms with Crippen LogP contribution in [0.25, 0.3) is 10.4 Å². The summed E-state index contributed by atoms with van der Waals surface area (Å²) in [4.78, 5) is 41.2. The Morgan fingerprint density at radius 1 is 1.02 bits per heavy atom. The maximum Gasteiger partial charge on any atom is 0.405 e. The molecule has 15 heteroatoms. The van der Waals surface area contributed by atoms with E-state index in [1.807, 2.05) is 12.2 Å². The number of carbonyl (C=O) groups excluding carboxylic acids is 1. The third-order valence-electron chi connectivity index (χ3n) is 7.40. The summed E-state index contributed by atoms with van der Waals surface area (Å²) in [6.45, 7) is 3.71. The molecule has 1 aliphatic rings. The van der Waals surface area contributed by atoms with Gasteiger partial charge in [-0.25, -0.2) is 14.4 Å². The largest absolute Gasteiger partial charge is 0.405 e. The standard InChI is InChI=1S/C35H52N7O7P/c1-4-5-6-7-8-9-10-11-12-13-14-15-16-17-18-19-20-21-22-23-32(43)37-24-25-38-50(46,47-3)48-28-31-30(40-41-36)26-33(49-31)42-27-29(2)34(44)39-35(42)45/h5-6,8-9,11-12,14-15,17-18,20-21,27,30-31,33H,4,7,10,13,16,19,22-26,28H2,1-3H3,(H,37,43)(H,38,46)(H,39,44,45)/b6-5-,9-8-,12-11-,15-14-,18-17-,21-20-/t30-,31+,33?,50?/m0/s1. The Labute approximate surface area is 294 Å². The molecule has 0 radical (unpaired) electrons. The predicted molar refractivity (Wildman–Crippen MR) is 197 cm³/mol. The number of rotatable bonds is 24. The molecule has 274 valence electrons. The van der Waals surface area contributed by atoms with Crippen LogP contribution in [-0.2, 0) is 23.1 Å². The number of ether oxygens (including phenoxy) is 1. The molecule has 1 aromatic rings. The lowest BCUT2D eigenvalue weighted by Crippen LogP contribution is -2.33. The summed E-state index contributed by atoms with van der Waals surface area (Å²) in [5.74, 6) is -0.144. The third kappa shape index (κ3) is 17.1. The summed E-state index contributed by atoms with van der Waals surface area (Å²) >= 11 is 0. The number of amides is 1. The van der Waals surface area contributed by atoms with Crippen LogP contribution in [0.4, 0.5) is 0 Å². The molecule has 1 saturated heterocycles. The van der Waals surface area contributed by atoms with Gasteiger partial charge in [-0.15, -0.1) is 0 Å². The molecule has 50 heavy (non-hydrogen) atoms. The molecule has 1 aliphatic heterocycles. The molecular formula is C35H52N7O7P. The highest BCUT2D eigenvalue weighted by molar-refractivity contribution is 7.51. The second kappa shape index (κ2) is 25.0. The predicted octanol–water partition coefficient (Wildman–Crippen LogP) is 6.77. The van der Waals surface area contributed by atoms with Gasteiger partial charge in [0.25, 0.3) is 5.56 Å². The number of carbonyl (C=O) groups is 1. The fraction of sp³-hybridized carbons (Fsp3) is 0.514. The Morgan fingerprint density at radius 3 is 2.16 bits per heavy atom. The van der Waals surface area contributed by atoms with E-state index in [0.717, 1.165) is 38.5 Å². The number of H-pyrrole nitrogens is 1. The smallest absolute Gasteiger partial charge is 0.355 e. The maximum atomic E-state index is 13.0. The van der Waals surface area contributed by atoms with Crippen LogP contribution in [0.5, 0.6) is 0 Å². The van der Waals surface area contributed by atoms with E-state index in [1.54, 1.807) is 6.92 Å². The van der Waals surface area contributed by atoms with Crippen molar-refractivity contribution >= 4 is 13.7 Å². The Balaban J connectivity index is 1.60. The summed E-state index contributed by atoms with van der Waals surface area (Å²) in [5.41, 5.74) is 8.11. The van der Waals surface area contributed by atoms with Gasteiger partial charge in [-0.2, -0.15) is 0 Å². The minimum atomic E-state index is -3.79. The Hall–Kier alpha value is -4.03. The van der Waals surface area contributed by atoms with Crippen molar-refractivity contribution in [3.05, 3.63) is 116 Å². The van der Waals surface area contributed by atoms with Crippen molar-refractivity contribution in [2.45, 2.75) is 90.0 Å². The van der Waals surface area contributed by atoms with Crippen molar-refractivity contribution in [3.8, 4) is 0 Å². The zero-order valence-electron chi connectivity index (χ0n) is 29.3. The van der Waals surface area contributed by atoms with E-state index in [9.17, 15) is 18.9 Å². The lowest BCUT2D eigenvalue weighted by molar-refractivity contribution is -0.120. The fourth-order valence-corrected chi connectivity index (χ4v) is 5.75. The van der Waals surface area contributed by atoms with Gasteiger partial charge in [0, 0.05) is 49.7 Å². The van der Waals surface area contributed by atoms with E-state index in [2.05, 4.69) is 93.1 Å². The molecule has 0 spiro atoms. The molecule has 1 amide bonds. The average Bonchev–Trinajstić information content (AvgIpc) is 3.50. The maximum absolute atomic E-state index is 13.0. The molecule has 2 unspecified atom stereocenters. The van der Waals surface area contributed by atoms with Crippen molar-refractivity contribution in [1.82, 2.24) is 20.0 Å². The summed E-state index contributed by atoms with van der Waals surface area (Å²) in [6.07, 6.45) is 32.0. The molecular weight excluding hydrogens is 661 g/mol. The molecule has 1 aromatic heterocycles. The number of hydrogen-bond acceptors (Lipinski definition) is 8. The van der Waals surface area contributed by atoms with Gasteiger partial charge in [0.15, 0.2) is 0 Å². The van der Waals surface area contributed by atoms with Crippen LogP contribution in [0.15, 0.2) is 93.8 Å². The highest BCUT2D eigenvalue weighted by Crippen LogP contribution is 2.43. The third-order valence-corrected chi connectivity index (χ3v) is 8.98. The minimum Gasteiger partial charge on any atom is -0.355 e. The van der Waals surface area contributed by atoms with Gasteiger partial charge in [-0.1, -0.05) is 85.0 Å². The molecule has 14 nitrogen and oxygen atoms in total. The molecule has 0 saturated carbocycles.